The second kappa shape index (κ2) is 9.79. The highest BCUT2D eigenvalue weighted by Gasteiger charge is 2.32. The fraction of sp³-hybridized carbons (Fsp3) is 0.129. The zero-order chi connectivity index (χ0) is 23.5. The minimum absolute atomic E-state index is 0.174. The highest BCUT2D eigenvalue weighted by atomic mass is 31.1. The summed E-state index contributed by atoms with van der Waals surface area (Å²) in [6.45, 7) is 6.57. The first kappa shape index (κ1) is 22.3. The van der Waals surface area contributed by atoms with E-state index >= 15 is 0 Å². The Morgan fingerprint density at radius 3 is 1.71 bits per heavy atom. The highest BCUT2D eigenvalue weighted by molar-refractivity contribution is 7.73. The molecule has 5 aromatic rings. The third-order valence-corrected chi connectivity index (χ3v) is 9.01. The smallest absolute Gasteiger partial charge is 0.225 e. The predicted molar refractivity (Wildman–Crippen MR) is 144 cm³/mol. The molecule has 0 bridgehead atoms. The Bertz CT molecular complexity index is 1310. The summed E-state index contributed by atoms with van der Waals surface area (Å²) in [5.74, 6) is 0.174. The molecule has 0 amide bonds. The largest absolute Gasteiger partial charge is 0.249 e. The van der Waals surface area contributed by atoms with Gasteiger partial charge in [-0.3, -0.25) is 0 Å². The molecule has 0 saturated heterocycles. The summed E-state index contributed by atoms with van der Waals surface area (Å²) in [6, 6.07) is 37.4. The summed E-state index contributed by atoms with van der Waals surface area (Å²) in [5, 5.41) is 2.75. The van der Waals surface area contributed by atoms with Crippen LogP contribution in [0, 0.1) is 20.8 Å². The van der Waals surface area contributed by atoms with Crippen molar-refractivity contribution in [3.8, 4) is 5.69 Å². The van der Waals surface area contributed by atoms with E-state index in [4.69, 9.17) is 0 Å². The van der Waals surface area contributed by atoms with Gasteiger partial charge in [-0.2, -0.15) is 0 Å². The second-order valence-electron chi connectivity index (χ2n) is 8.84. The minimum Gasteiger partial charge on any atom is -0.225 e. The molecular weight excluding hydrogens is 431 g/mol. The van der Waals surface area contributed by atoms with Gasteiger partial charge in [0.15, 0.2) is 5.78 Å². The van der Waals surface area contributed by atoms with Gasteiger partial charge in [0, 0.05) is 13.5 Å². The monoisotopic (exact) mass is 461 g/mol. The van der Waals surface area contributed by atoms with E-state index in [1.165, 1.54) is 38.6 Å². The van der Waals surface area contributed by atoms with Gasteiger partial charge >= 0.3 is 0 Å². The first-order valence-corrected chi connectivity index (χ1v) is 13.1. The number of hydrogen-bond donors (Lipinski definition) is 0. The molecule has 3 heteroatoms. The average molecular weight is 462 g/mol. The van der Waals surface area contributed by atoms with Crippen molar-refractivity contribution in [3.05, 3.63) is 144 Å². The summed E-state index contributed by atoms with van der Waals surface area (Å²) in [7, 11) is -0.693. The molecule has 5 rings (SSSR count). The van der Waals surface area contributed by atoms with Crippen molar-refractivity contribution in [1.29, 1.82) is 0 Å². The normalized spacial score (nSPS) is 12.1. The Labute approximate surface area is 203 Å². The van der Waals surface area contributed by atoms with Crippen LogP contribution in [0.4, 0.5) is 0 Å². The van der Waals surface area contributed by atoms with Gasteiger partial charge in [-0.1, -0.05) is 109 Å². The molecule has 0 N–H and O–H groups in total. The van der Waals surface area contributed by atoms with E-state index in [-0.39, 0.29) is 5.78 Å². The third-order valence-electron chi connectivity index (χ3n) is 6.24. The first-order valence-electron chi connectivity index (χ1n) is 11.7. The fourth-order valence-electron chi connectivity index (χ4n) is 4.91. The molecule has 1 atom stereocenters. The number of imidazole rings is 1. The lowest BCUT2D eigenvalue weighted by molar-refractivity contribution is -0.692. The molecule has 0 spiro atoms. The number of nitrogens with zero attached hydrogens (tertiary/aromatic N) is 2. The molecular formula is C31H30N2P+. The van der Waals surface area contributed by atoms with Crippen molar-refractivity contribution in [3.63, 3.8) is 0 Å². The van der Waals surface area contributed by atoms with Crippen molar-refractivity contribution in [2.75, 3.05) is 0 Å². The zero-order valence-corrected chi connectivity index (χ0v) is 20.9. The van der Waals surface area contributed by atoms with Gasteiger partial charge in [0.2, 0.25) is 6.33 Å². The van der Waals surface area contributed by atoms with E-state index in [2.05, 4.69) is 152 Å². The van der Waals surface area contributed by atoms with Crippen LogP contribution in [0.5, 0.6) is 0 Å². The summed E-state index contributed by atoms with van der Waals surface area (Å²) < 4.78 is 4.68. The van der Waals surface area contributed by atoms with Crippen LogP contribution >= 0.6 is 7.92 Å². The van der Waals surface area contributed by atoms with E-state index in [9.17, 15) is 0 Å². The van der Waals surface area contributed by atoms with Crippen molar-refractivity contribution in [1.82, 2.24) is 4.57 Å². The van der Waals surface area contributed by atoms with Crippen LogP contribution in [0.25, 0.3) is 5.69 Å². The van der Waals surface area contributed by atoms with E-state index in [1.54, 1.807) is 0 Å². The molecule has 1 heterocycles. The number of benzene rings is 4. The molecule has 0 aliphatic heterocycles. The maximum atomic E-state index is 2.40. The van der Waals surface area contributed by atoms with E-state index < -0.39 is 7.92 Å². The highest BCUT2D eigenvalue weighted by Crippen LogP contribution is 2.47. The number of aryl methyl sites for hydroxylation is 3. The van der Waals surface area contributed by atoms with Crippen LogP contribution in [0.2, 0.25) is 0 Å². The van der Waals surface area contributed by atoms with Crippen LogP contribution in [0.15, 0.2) is 122 Å². The third kappa shape index (κ3) is 4.47. The Balaban J connectivity index is 1.69. The predicted octanol–water partition coefficient (Wildman–Crippen LogP) is 6.37. The van der Waals surface area contributed by atoms with Crippen molar-refractivity contribution in [2.45, 2.75) is 26.6 Å². The maximum absolute atomic E-state index is 2.40. The Morgan fingerprint density at radius 2 is 1.18 bits per heavy atom. The molecule has 0 aliphatic carbocycles. The Kier molecular flexibility index (Phi) is 6.43. The van der Waals surface area contributed by atoms with Gasteiger partial charge in [-0.25, -0.2) is 9.13 Å². The molecule has 0 saturated carbocycles. The van der Waals surface area contributed by atoms with Gasteiger partial charge in [0.25, 0.3) is 0 Å². The van der Waals surface area contributed by atoms with Crippen molar-refractivity contribution >= 4 is 18.5 Å². The van der Waals surface area contributed by atoms with E-state index in [0.29, 0.717) is 0 Å². The van der Waals surface area contributed by atoms with Crippen LogP contribution in [-0.4, -0.2) is 4.57 Å². The van der Waals surface area contributed by atoms with Crippen LogP contribution in [0.1, 0.15) is 28.0 Å². The lowest BCUT2D eigenvalue weighted by Gasteiger charge is -2.26. The molecule has 34 heavy (non-hydrogen) atoms. The van der Waals surface area contributed by atoms with Crippen molar-refractivity contribution < 1.29 is 4.57 Å². The molecule has 0 fully saturated rings. The molecule has 4 aromatic carbocycles. The van der Waals surface area contributed by atoms with Crippen LogP contribution in [0.3, 0.4) is 0 Å². The maximum Gasteiger partial charge on any atom is 0.249 e. The summed E-state index contributed by atoms with van der Waals surface area (Å²) in [4.78, 5) is 0. The summed E-state index contributed by atoms with van der Waals surface area (Å²) in [6.07, 6.45) is 6.70. The average Bonchev–Trinajstić information content (AvgIpc) is 3.32. The molecule has 0 aliphatic rings. The lowest BCUT2D eigenvalue weighted by atomic mass is 10.1. The molecule has 1 aromatic heterocycles. The molecule has 168 valence electrons. The minimum atomic E-state index is -0.693. The van der Waals surface area contributed by atoms with Crippen molar-refractivity contribution in [2.24, 2.45) is 0 Å². The summed E-state index contributed by atoms with van der Waals surface area (Å²) >= 11 is 0. The van der Waals surface area contributed by atoms with E-state index in [0.717, 1.165) is 0 Å². The topological polar surface area (TPSA) is 8.81 Å². The van der Waals surface area contributed by atoms with Gasteiger partial charge in [-0.05, 0) is 42.5 Å². The van der Waals surface area contributed by atoms with Crippen LogP contribution in [-0.2, 0) is 0 Å². The first-order chi connectivity index (χ1) is 16.6. The Hall–Kier alpha value is -3.48. The SMILES string of the molecule is Cc1cc(C)c(-n2cc[n+](C(c3ccccc3)P(c3ccccc3)c3ccccc3)c2)c(C)c1. The number of aromatic nitrogens is 2. The zero-order valence-electron chi connectivity index (χ0n) is 20.0. The Morgan fingerprint density at radius 1 is 0.676 bits per heavy atom. The quantitative estimate of drug-likeness (QED) is 0.205. The molecule has 1 unspecified atom stereocenters. The standard InChI is InChI=1S/C31H30N2P/c1-24-21-25(2)30(26(3)22-24)32-19-20-33(23-32)31(27-13-7-4-8-14-27)34(28-15-9-5-10-16-28)29-17-11-6-12-18-29/h4-23,31H,1-3H3/q+1. The second-order valence-corrected chi connectivity index (χ2v) is 11.1. The number of hydrogen-bond acceptors (Lipinski definition) is 0. The summed E-state index contributed by atoms with van der Waals surface area (Å²) in [5.41, 5.74) is 6.48. The lowest BCUT2D eigenvalue weighted by Crippen LogP contribution is -2.40. The fourth-order valence-corrected chi connectivity index (χ4v) is 7.64. The van der Waals surface area contributed by atoms with E-state index in [1.807, 2.05) is 0 Å². The van der Waals surface area contributed by atoms with Gasteiger partial charge < -0.3 is 0 Å². The van der Waals surface area contributed by atoms with Gasteiger partial charge in [-0.15, -0.1) is 0 Å². The molecule has 2 nitrogen and oxygen atoms in total. The number of rotatable bonds is 6. The van der Waals surface area contributed by atoms with Crippen LogP contribution < -0.4 is 15.2 Å². The van der Waals surface area contributed by atoms with Gasteiger partial charge in [0.1, 0.15) is 18.1 Å². The van der Waals surface area contributed by atoms with Gasteiger partial charge in [0.05, 0.1) is 0 Å². The molecule has 0 radical (unpaired) electrons.